The Hall–Kier alpha value is -4.35. The highest BCUT2D eigenvalue weighted by molar-refractivity contribution is 6.34. The molecule has 0 unspecified atom stereocenters. The molecular weight excluding hydrogens is 627 g/mol. The number of anilines is 2. The zero-order valence-corrected chi connectivity index (χ0v) is 24.3. The van der Waals surface area contributed by atoms with E-state index in [4.69, 9.17) is 17.3 Å². The molecule has 1 fully saturated rings. The lowest BCUT2D eigenvalue weighted by Crippen LogP contribution is -2.51. The molecule has 18 heteroatoms. The van der Waals surface area contributed by atoms with Gasteiger partial charge in [0.15, 0.2) is 17.2 Å². The van der Waals surface area contributed by atoms with Gasteiger partial charge < -0.3 is 21.3 Å². The smallest absolute Gasteiger partial charge is 0.354 e. The Morgan fingerprint density at radius 1 is 1.11 bits per heavy atom. The van der Waals surface area contributed by atoms with E-state index in [9.17, 15) is 31.5 Å². The van der Waals surface area contributed by atoms with Crippen molar-refractivity contribution in [1.82, 2.24) is 39.3 Å². The Labute approximate surface area is 257 Å². The maximum absolute atomic E-state index is 13.7. The highest BCUT2D eigenvalue weighted by Crippen LogP contribution is 2.37. The standard InChI is InChI=1S/C27H28ClF5N10O2/c28-19-11-16(1-2-17(19)26(45)41-9-7-40(8-10-41)15-22(44)35-4-3-34)38-24-25-37-12-20(43(25)6-5-36-24)18-13-42(14-21(29)30)39-23(18)27(31,32)33/h1-2,5-6,11-13,21H,3-4,7-10,14-15,34H2,(H,35,44)(H,36,38). The molecule has 3 aromatic heterocycles. The van der Waals surface area contributed by atoms with Crippen LogP contribution in [0.15, 0.2) is 43.0 Å². The molecule has 0 bridgehead atoms. The van der Waals surface area contributed by atoms with E-state index in [0.717, 1.165) is 6.20 Å². The molecule has 1 aliphatic rings. The molecule has 0 saturated carbocycles. The molecule has 4 N–H and O–H groups in total. The van der Waals surface area contributed by atoms with E-state index in [1.807, 2.05) is 4.90 Å². The van der Waals surface area contributed by atoms with E-state index in [1.165, 1.54) is 29.1 Å². The van der Waals surface area contributed by atoms with Gasteiger partial charge in [0.1, 0.15) is 6.54 Å². The number of amides is 2. The maximum Gasteiger partial charge on any atom is 0.435 e. The molecule has 45 heavy (non-hydrogen) atoms. The van der Waals surface area contributed by atoms with Crippen molar-refractivity contribution in [3.63, 3.8) is 0 Å². The Bertz CT molecular complexity index is 1680. The van der Waals surface area contributed by atoms with Gasteiger partial charge in [-0.15, -0.1) is 0 Å². The minimum Gasteiger partial charge on any atom is -0.354 e. The van der Waals surface area contributed by atoms with Crippen molar-refractivity contribution in [2.45, 2.75) is 19.1 Å². The number of piperazine rings is 1. The normalized spacial score (nSPS) is 14.4. The third-order valence-corrected chi connectivity index (χ3v) is 7.33. The summed E-state index contributed by atoms with van der Waals surface area (Å²) >= 11 is 6.49. The number of aromatic nitrogens is 5. The SMILES string of the molecule is NCCNC(=O)CN1CCN(C(=O)c2ccc(Nc3nccn4c(-c5cn(CC(F)F)nc5C(F)(F)F)cnc34)cc2Cl)CC1. The van der Waals surface area contributed by atoms with Crippen LogP contribution >= 0.6 is 11.6 Å². The minimum atomic E-state index is -4.90. The monoisotopic (exact) mass is 654 g/mol. The first-order valence-electron chi connectivity index (χ1n) is 13.7. The van der Waals surface area contributed by atoms with Crippen LogP contribution in [-0.4, -0.2) is 98.0 Å². The number of carbonyl (C=O) groups excluding carboxylic acids is 2. The van der Waals surface area contributed by atoms with Crippen LogP contribution in [-0.2, 0) is 17.5 Å². The lowest BCUT2D eigenvalue weighted by molar-refractivity contribution is -0.141. The van der Waals surface area contributed by atoms with Gasteiger partial charge in [0.25, 0.3) is 12.3 Å². The number of benzene rings is 1. The van der Waals surface area contributed by atoms with E-state index in [-0.39, 0.29) is 46.1 Å². The third kappa shape index (κ3) is 7.32. The molecule has 0 spiro atoms. The van der Waals surface area contributed by atoms with Crippen LogP contribution in [0.5, 0.6) is 0 Å². The summed E-state index contributed by atoms with van der Waals surface area (Å²) in [4.78, 5) is 37.2. The van der Waals surface area contributed by atoms with Crippen molar-refractivity contribution >= 4 is 40.6 Å². The van der Waals surface area contributed by atoms with Crippen molar-refractivity contribution < 1.29 is 31.5 Å². The summed E-state index contributed by atoms with van der Waals surface area (Å²) in [6, 6.07) is 4.66. The fourth-order valence-corrected chi connectivity index (χ4v) is 5.17. The predicted molar refractivity (Wildman–Crippen MR) is 154 cm³/mol. The number of nitrogens with one attached hydrogen (secondary N) is 2. The lowest BCUT2D eigenvalue weighted by Gasteiger charge is -2.34. The van der Waals surface area contributed by atoms with Gasteiger partial charge in [0, 0.05) is 63.5 Å². The number of halogens is 6. The third-order valence-electron chi connectivity index (χ3n) is 7.01. The Balaban J connectivity index is 1.31. The summed E-state index contributed by atoms with van der Waals surface area (Å²) in [6.45, 7) is 1.81. The summed E-state index contributed by atoms with van der Waals surface area (Å²) in [5.41, 5.74) is 4.47. The molecule has 0 aliphatic carbocycles. The second-order valence-electron chi connectivity index (χ2n) is 10.1. The number of alkyl halides is 5. The maximum atomic E-state index is 13.7. The molecule has 0 radical (unpaired) electrons. The summed E-state index contributed by atoms with van der Waals surface area (Å²) in [5.74, 6) is -0.237. The van der Waals surface area contributed by atoms with Crippen LogP contribution < -0.4 is 16.4 Å². The molecule has 0 atom stereocenters. The molecule has 1 aliphatic heterocycles. The van der Waals surface area contributed by atoms with Gasteiger partial charge in [0.05, 0.1) is 34.6 Å². The van der Waals surface area contributed by atoms with Gasteiger partial charge in [-0.25, -0.2) is 18.7 Å². The Kier molecular flexibility index (Phi) is 9.50. The van der Waals surface area contributed by atoms with Crippen LogP contribution in [0.2, 0.25) is 5.02 Å². The van der Waals surface area contributed by atoms with Gasteiger partial charge in [0.2, 0.25) is 5.91 Å². The Morgan fingerprint density at radius 3 is 2.53 bits per heavy atom. The van der Waals surface area contributed by atoms with Crippen molar-refractivity contribution in [1.29, 1.82) is 0 Å². The molecule has 1 aromatic carbocycles. The molecule has 12 nitrogen and oxygen atoms in total. The fourth-order valence-electron chi connectivity index (χ4n) is 4.91. The second kappa shape index (κ2) is 13.3. The van der Waals surface area contributed by atoms with Gasteiger partial charge >= 0.3 is 6.18 Å². The number of imidazole rings is 1. The highest BCUT2D eigenvalue weighted by Gasteiger charge is 2.38. The number of nitrogens with two attached hydrogens (primary N) is 1. The number of rotatable bonds is 10. The van der Waals surface area contributed by atoms with E-state index in [1.54, 1.807) is 17.0 Å². The van der Waals surface area contributed by atoms with E-state index >= 15 is 0 Å². The van der Waals surface area contributed by atoms with Crippen molar-refractivity contribution in [3.8, 4) is 11.3 Å². The average Bonchev–Trinajstić information content (AvgIpc) is 3.61. The van der Waals surface area contributed by atoms with Gasteiger partial charge in [-0.2, -0.15) is 18.3 Å². The number of fused-ring (bicyclic) bond motifs is 1. The summed E-state index contributed by atoms with van der Waals surface area (Å²) in [6.07, 6.45) is -3.01. The van der Waals surface area contributed by atoms with Crippen molar-refractivity contribution in [3.05, 3.63) is 59.3 Å². The topological polar surface area (TPSA) is 139 Å². The molecule has 4 aromatic rings. The average molecular weight is 655 g/mol. The quantitative estimate of drug-likeness (QED) is 0.222. The van der Waals surface area contributed by atoms with Gasteiger partial charge in [-0.05, 0) is 18.2 Å². The molecular formula is C27H28ClF5N10O2. The first-order valence-corrected chi connectivity index (χ1v) is 14.1. The van der Waals surface area contributed by atoms with Crippen molar-refractivity contribution in [2.75, 3.05) is 51.1 Å². The van der Waals surface area contributed by atoms with E-state index in [0.29, 0.717) is 49.6 Å². The zero-order valence-electron chi connectivity index (χ0n) is 23.6. The number of hydrogen-bond acceptors (Lipinski definition) is 8. The molecule has 240 valence electrons. The predicted octanol–water partition coefficient (Wildman–Crippen LogP) is 3.11. The number of carbonyl (C=O) groups is 2. The second-order valence-corrected chi connectivity index (χ2v) is 10.5. The Morgan fingerprint density at radius 2 is 1.87 bits per heavy atom. The minimum absolute atomic E-state index is 0.0291. The van der Waals surface area contributed by atoms with Gasteiger partial charge in [-0.1, -0.05) is 11.6 Å². The summed E-state index contributed by atoms with van der Waals surface area (Å²) in [5, 5.41) is 9.22. The number of hydrogen-bond donors (Lipinski definition) is 3. The highest BCUT2D eigenvalue weighted by atomic mass is 35.5. The lowest BCUT2D eigenvalue weighted by atomic mass is 10.1. The first-order chi connectivity index (χ1) is 21.4. The fraction of sp³-hybridized carbons (Fsp3) is 0.370. The number of nitrogens with zero attached hydrogens (tertiary/aromatic N) is 7. The van der Waals surface area contributed by atoms with Gasteiger partial charge in [-0.3, -0.25) is 23.6 Å². The molecule has 5 rings (SSSR count). The first kappa shape index (κ1) is 32.1. The largest absolute Gasteiger partial charge is 0.435 e. The van der Waals surface area contributed by atoms with Crippen LogP contribution in [0.4, 0.5) is 33.5 Å². The zero-order chi connectivity index (χ0) is 32.3. The van der Waals surface area contributed by atoms with Crippen molar-refractivity contribution in [2.24, 2.45) is 5.73 Å². The van der Waals surface area contributed by atoms with E-state index < -0.39 is 30.4 Å². The van der Waals surface area contributed by atoms with Crippen LogP contribution in [0.3, 0.4) is 0 Å². The molecule has 4 heterocycles. The van der Waals surface area contributed by atoms with E-state index in [2.05, 4.69) is 25.7 Å². The van der Waals surface area contributed by atoms with Crippen LogP contribution in [0.1, 0.15) is 16.1 Å². The summed E-state index contributed by atoms with van der Waals surface area (Å²) < 4.78 is 68.8. The molecule has 1 saturated heterocycles. The molecule has 2 amide bonds. The summed E-state index contributed by atoms with van der Waals surface area (Å²) in [7, 11) is 0. The van der Waals surface area contributed by atoms with Crippen LogP contribution in [0, 0.1) is 0 Å². The van der Waals surface area contributed by atoms with Crippen LogP contribution in [0.25, 0.3) is 16.9 Å².